The van der Waals surface area contributed by atoms with Crippen molar-refractivity contribution in [2.45, 2.75) is 31.6 Å². The fraction of sp³-hybridized carbons (Fsp3) is 0.650. The molecule has 1 aromatic rings. The quantitative estimate of drug-likeness (QED) is 0.384. The Labute approximate surface area is 165 Å². The molecule has 0 amide bonds. The van der Waals surface area contributed by atoms with Gasteiger partial charge in [-0.2, -0.15) is 0 Å². The lowest BCUT2D eigenvalue weighted by atomic mass is 9.96. The van der Waals surface area contributed by atoms with E-state index in [0.29, 0.717) is 0 Å². The van der Waals surface area contributed by atoms with E-state index in [1.165, 1.54) is 18.4 Å². The van der Waals surface area contributed by atoms with E-state index in [1.54, 1.807) is 0 Å². The fourth-order valence-electron chi connectivity index (χ4n) is 3.41. The van der Waals surface area contributed by atoms with Crippen LogP contribution in [-0.4, -0.2) is 63.3 Å². The minimum Gasteiger partial charge on any atom is -0.379 e. The van der Waals surface area contributed by atoms with Crippen LogP contribution in [0.4, 0.5) is 0 Å². The van der Waals surface area contributed by atoms with Crippen molar-refractivity contribution >= 4 is 21.9 Å². The molecule has 0 atom stereocenters. The number of hydrogen-bond acceptors (Lipinski definition) is 3. The van der Waals surface area contributed by atoms with Crippen molar-refractivity contribution in [3.8, 4) is 0 Å². The van der Waals surface area contributed by atoms with Crippen LogP contribution in [-0.2, 0) is 10.2 Å². The van der Waals surface area contributed by atoms with Crippen molar-refractivity contribution in [1.29, 1.82) is 0 Å². The third-order valence-corrected chi connectivity index (χ3v) is 5.72. The standard InChI is InChI=1S/C20H31BrN4O/c1-2-22-19(23-9-4-10-25-11-13-26-14-12-25)24-16-20(7-8-20)17-5-3-6-18(21)15-17/h3,5-6,15H,2,4,7-14,16H2,1H3,(H2,22,23,24). The molecular weight excluding hydrogens is 392 g/mol. The van der Waals surface area contributed by atoms with Crippen LogP contribution in [0.3, 0.4) is 0 Å². The minimum absolute atomic E-state index is 0.236. The summed E-state index contributed by atoms with van der Waals surface area (Å²) in [6.45, 7) is 9.79. The van der Waals surface area contributed by atoms with Crippen molar-refractivity contribution < 1.29 is 4.74 Å². The van der Waals surface area contributed by atoms with Gasteiger partial charge in [0.15, 0.2) is 5.96 Å². The molecule has 1 heterocycles. The Balaban J connectivity index is 1.47. The van der Waals surface area contributed by atoms with Crippen LogP contribution < -0.4 is 10.6 Å². The minimum atomic E-state index is 0.236. The maximum absolute atomic E-state index is 5.40. The molecule has 1 saturated heterocycles. The highest BCUT2D eigenvalue weighted by Crippen LogP contribution is 2.48. The molecule has 0 radical (unpaired) electrons. The van der Waals surface area contributed by atoms with Gasteiger partial charge in [-0.1, -0.05) is 28.1 Å². The smallest absolute Gasteiger partial charge is 0.191 e. The predicted octanol–water partition coefficient (Wildman–Crippen LogP) is 2.76. The van der Waals surface area contributed by atoms with E-state index in [9.17, 15) is 0 Å². The normalized spacial score (nSPS) is 20.0. The first-order valence-corrected chi connectivity index (χ1v) is 10.6. The number of benzene rings is 1. The van der Waals surface area contributed by atoms with Crippen molar-refractivity contribution in [1.82, 2.24) is 15.5 Å². The van der Waals surface area contributed by atoms with Crippen LogP contribution in [0, 0.1) is 0 Å². The van der Waals surface area contributed by atoms with Crippen LogP contribution >= 0.6 is 15.9 Å². The molecule has 26 heavy (non-hydrogen) atoms. The van der Waals surface area contributed by atoms with Gasteiger partial charge in [-0.25, -0.2) is 0 Å². The third-order valence-electron chi connectivity index (χ3n) is 5.22. The van der Waals surface area contributed by atoms with Gasteiger partial charge < -0.3 is 15.4 Å². The number of rotatable bonds is 8. The molecule has 2 N–H and O–H groups in total. The molecule has 1 saturated carbocycles. The first-order valence-electron chi connectivity index (χ1n) is 9.80. The van der Waals surface area contributed by atoms with Crippen LogP contribution in [0.5, 0.6) is 0 Å². The molecule has 2 aliphatic rings. The highest BCUT2D eigenvalue weighted by molar-refractivity contribution is 9.10. The Kier molecular flexibility index (Phi) is 7.34. The summed E-state index contributed by atoms with van der Waals surface area (Å²) in [6.07, 6.45) is 3.58. The highest BCUT2D eigenvalue weighted by atomic mass is 79.9. The van der Waals surface area contributed by atoms with Crippen LogP contribution in [0.15, 0.2) is 33.7 Å². The van der Waals surface area contributed by atoms with Gasteiger partial charge in [0, 0.05) is 36.1 Å². The number of nitrogens with zero attached hydrogens (tertiary/aromatic N) is 2. The topological polar surface area (TPSA) is 48.9 Å². The molecule has 0 aromatic heterocycles. The first-order chi connectivity index (χ1) is 12.7. The number of ether oxygens (including phenoxy) is 1. The van der Waals surface area contributed by atoms with Crippen LogP contribution in [0.25, 0.3) is 0 Å². The summed E-state index contributed by atoms with van der Waals surface area (Å²) in [5.74, 6) is 0.941. The number of guanidine groups is 1. The number of morpholine rings is 1. The zero-order chi connectivity index (χ0) is 18.2. The second-order valence-electron chi connectivity index (χ2n) is 7.22. The fourth-order valence-corrected chi connectivity index (χ4v) is 3.81. The van der Waals surface area contributed by atoms with E-state index in [4.69, 9.17) is 9.73 Å². The Morgan fingerprint density at radius 3 is 2.77 bits per heavy atom. The van der Waals surface area contributed by atoms with Crippen molar-refractivity contribution in [3.05, 3.63) is 34.3 Å². The Morgan fingerprint density at radius 2 is 2.08 bits per heavy atom. The van der Waals surface area contributed by atoms with Crippen molar-refractivity contribution in [2.75, 3.05) is 52.5 Å². The SMILES string of the molecule is CCNC(=NCC1(c2cccc(Br)c2)CC1)NCCCN1CCOCC1. The van der Waals surface area contributed by atoms with Crippen LogP contribution in [0.1, 0.15) is 31.7 Å². The summed E-state index contributed by atoms with van der Waals surface area (Å²) in [5.41, 5.74) is 1.64. The highest BCUT2D eigenvalue weighted by Gasteiger charge is 2.44. The molecule has 0 bridgehead atoms. The summed E-state index contributed by atoms with van der Waals surface area (Å²) in [4.78, 5) is 7.36. The monoisotopic (exact) mass is 422 g/mol. The van der Waals surface area contributed by atoms with Gasteiger partial charge in [0.25, 0.3) is 0 Å². The first kappa shape index (κ1) is 19.6. The summed E-state index contributed by atoms with van der Waals surface area (Å²) in [7, 11) is 0. The summed E-state index contributed by atoms with van der Waals surface area (Å²) >= 11 is 3.59. The van der Waals surface area contributed by atoms with Gasteiger partial charge in [-0.05, 0) is 50.4 Å². The summed E-state index contributed by atoms with van der Waals surface area (Å²) in [5, 5.41) is 6.88. The summed E-state index contributed by atoms with van der Waals surface area (Å²) < 4.78 is 6.55. The molecule has 0 spiro atoms. The lowest BCUT2D eigenvalue weighted by Crippen LogP contribution is -2.41. The Hall–Kier alpha value is -1.11. The molecule has 1 aliphatic heterocycles. The molecule has 1 aliphatic carbocycles. The van der Waals surface area contributed by atoms with Gasteiger partial charge in [0.1, 0.15) is 0 Å². The maximum Gasteiger partial charge on any atom is 0.191 e. The predicted molar refractivity (Wildman–Crippen MR) is 111 cm³/mol. The zero-order valence-corrected chi connectivity index (χ0v) is 17.4. The molecule has 5 nitrogen and oxygen atoms in total. The molecule has 3 rings (SSSR count). The van der Waals surface area contributed by atoms with Crippen molar-refractivity contribution in [2.24, 2.45) is 4.99 Å². The molecule has 144 valence electrons. The lowest BCUT2D eigenvalue weighted by Gasteiger charge is -2.26. The lowest BCUT2D eigenvalue weighted by molar-refractivity contribution is 0.0376. The van der Waals surface area contributed by atoms with Gasteiger partial charge in [0.2, 0.25) is 0 Å². The molecule has 2 fully saturated rings. The number of hydrogen-bond donors (Lipinski definition) is 2. The van der Waals surface area contributed by atoms with Crippen molar-refractivity contribution in [3.63, 3.8) is 0 Å². The van der Waals surface area contributed by atoms with E-state index < -0.39 is 0 Å². The summed E-state index contributed by atoms with van der Waals surface area (Å²) in [6, 6.07) is 8.68. The number of halogens is 1. The second kappa shape index (κ2) is 9.72. The van der Waals surface area contributed by atoms with Gasteiger partial charge in [-0.15, -0.1) is 0 Å². The average molecular weight is 423 g/mol. The van der Waals surface area contributed by atoms with E-state index >= 15 is 0 Å². The van der Waals surface area contributed by atoms with Gasteiger partial charge in [-0.3, -0.25) is 9.89 Å². The number of nitrogens with one attached hydrogen (secondary N) is 2. The zero-order valence-electron chi connectivity index (χ0n) is 15.8. The molecular formula is C20H31BrN4O. The third kappa shape index (κ3) is 5.69. The molecule has 1 aromatic carbocycles. The Bertz CT molecular complexity index is 597. The van der Waals surface area contributed by atoms with E-state index in [0.717, 1.165) is 69.3 Å². The van der Waals surface area contributed by atoms with E-state index in [-0.39, 0.29) is 5.41 Å². The van der Waals surface area contributed by atoms with Gasteiger partial charge >= 0.3 is 0 Å². The largest absolute Gasteiger partial charge is 0.379 e. The molecule has 6 heteroatoms. The number of aliphatic imine (C=N–C) groups is 1. The second-order valence-corrected chi connectivity index (χ2v) is 8.14. The van der Waals surface area contributed by atoms with E-state index in [1.807, 2.05) is 0 Å². The molecule has 0 unspecified atom stereocenters. The Morgan fingerprint density at radius 1 is 1.27 bits per heavy atom. The van der Waals surface area contributed by atoms with Gasteiger partial charge in [0.05, 0.1) is 19.8 Å². The van der Waals surface area contributed by atoms with E-state index in [2.05, 4.69) is 62.7 Å². The average Bonchev–Trinajstić information content (AvgIpc) is 3.45. The van der Waals surface area contributed by atoms with Crippen LogP contribution in [0.2, 0.25) is 0 Å². The maximum atomic E-state index is 5.40.